The van der Waals surface area contributed by atoms with Crippen molar-refractivity contribution in [3.05, 3.63) is 60.3 Å². The van der Waals surface area contributed by atoms with Crippen LogP contribution in [0.15, 0.2) is 49.1 Å². The molecule has 0 saturated carbocycles. The molecule has 6 heteroatoms. The van der Waals surface area contributed by atoms with Crippen LogP contribution in [0.2, 0.25) is 0 Å². The van der Waals surface area contributed by atoms with E-state index in [9.17, 15) is 4.79 Å². The van der Waals surface area contributed by atoms with Crippen molar-refractivity contribution in [3.63, 3.8) is 0 Å². The number of fused-ring (bicyclic) bond motifs is 1. The number of nitrogens with one attached hydrogen (secondary N) is 1. The lowest BCUT2D eigenvalue weighted by atomic mass is 10.2. The van der Waals surface area contributed by atoms with Crippen molar-refractivity contribution in [2.24, 2.45) is 0 Å². The third kappa shape index (κ3) is 2.79. The summed E-state index contributed by atoms with van der Waals surface area (Å²) in [5, 5.41) is 13.0. The number of carbonyl (C=O) groups is 1. The minimum Gasteiger partial charge on any atom is -0.477 e. The van der Waals surface area contributed by atoms with Crippen molar-refractivity contribution < 1.29 is 9.90 Å². The lowest BCUT2D eigenvalue weighted by molar-refractivity contribution is 0.0691. The number of nitrogens with zero attached hydrogens (tertiary/aromatic N) is 3. The molecule has 0 aliphatic rings. The number of hydrogen-bond donors (Lipinski definition) is 2. The first-order valence-electron chi connectivity index (χ1n) is 6.35. The SMILES string of the molecule is O=C(O)c1ccc2cncc(NCc3cccnc3)c2n1. The van der Waals surface area contributed by atoms with Gasteiger partial charge in [0.1, 0.15) is 5.69 Å². The molecule has 3 rings (SSSR count). The van der Waals surface area contributed by atoms with Crippen LogP contribution in [-0.2, 0) is 6.54 Å². The molecule has 0 atom stereocenters. The van der Waals surface area contributed by atoms with Gasteiger partial charge in [0.05, 0.1) is 17.4 Å². The Labute approximate surface area is 120 Å². The highest BCUT2D eigenvalue weighted by Gasteiger charge is 2.08. The summed E-state index contributed by atoms with van der Waals surface area (Å²) in [7, 11) is 0. The lowest BCUT2D eigenvalue weighted by Crippen LogP contribution is -2.04. The van der Waals surface area contributed by atoms with Gasteiger partial charge in [-0.05, 0) is 23.8 Å². The topological polar surface area (TPSA) is 88.0 Å². The Hall–Kier alpha value is -3.02. The summed E-state index contributed by atoms with van der Waals surface area (Å²) in [6.45, 7) is 0.563. The molecule has 0 aliphatic carbocycles. The molecule has 0 aliphatic heterocycles. The number of aromatic carboxylic acids is 1. The van der Waals surface area contributed by atoms with Crippen LogP contribution < -0.4 is 5.32 Å². The molecule has 0 unspecified atom stereocenters. The molecule has 6 nitrogen and oxygen atoms in total. The fourth-order valence-electron chi connectivity index (χ4n) is 1.99. The van der Waals surface area contributed by atoms with Crippen molar-refractivity contribution in [2.45, 2.75) is 6.54 Å². The molecule has 0 aromatic carbocycles. The van der Waals surface area contributed by atoms with Crippen molar-refractivity contribution in [2.75, 3.05) is 5.32 Å². The molecule has 0 bridgehead atoms. The van der Waals surface area contributed by atoms with E-state index in [0.717, 1.165) is 10.9 Å². The predicted molar refractivity (Wildman–Crippen MR) is 78.1 cm³/mol. The van der Waals surface area contributed by atoms with Gasteiger partial charge in [-0.25, -0.2) is 9.78 Å². The van der Waals surface area contributed by atoms with Gasteiger partial charge in [0.25, 0.3) is 0 Å². The predicted octanol–water partition coefficient (Wildman–Crippen LogP) is 2.34. The highest BCUT2D eigenvalue weighted by Crippen LogP contribution is 2.21. The first-order chi connectivity index (χ1) is 10.2. The largest absolute Gasteiger partial charge is 0.477 e. The fourth-order valence-corrected chi connectivity index (χ4v) is 1.99. The normalized spacial score (nSPS) is 10.5. The smallest absolute Gasteiger partial charge is 0.354 e. The number of hydrogen-bond acceptors (Lipinski definition) is 5. The highest BCUT2D eigenvalue weighted by atomic mass is 16.4. The Kier molecular flexibility index (Phi) is 3.42. The van der Waals surface area contributed by atoms with Gasteiger partial charge >= 0.3 is 5.97 Å². The van der Waals surface area contributed by atoms with Crippen LogP contribution >= 0.6 is 0 Å². The van der Waals surface area contributed by atoms with Gasteiger partial charge in [0.15, 0.2) is 0 Å². The second-order valence-electron chi connectivity index (χ2n) is 4.48. The number of pyridine rings is 3. The van der Waals surface area contributed by atoms with E-state index in [1.807, 2.05) is 12.1 Å². The van der Waals surface area contributed by atoms with E-state index in [1.165, 1.54) is 6.07 Å². The van der Waals surface area contributed by atoms with E-state index < -0.39 is 5.97 Å². The van der Waals surface area contributed by atoms with Crippen LogP contribution in [-0.4, -0.2) is 26.0 Å². The molecule has 21 heavy (non-hydrogen) atoms. The quantitative estimate of drug-likeness (QED) is 0.762. The second-order valence-corrected chi connectivity index (χ2v) is 4.48. The van der Waals surface area contributed by atoms with Crippen molar-refractivity contribution >= 4 is 22.6 Å². The molecule has 3 heterocycles. The Bertz CT molecular complexity index is 790. The first kappa shape index (κ1) is 13.0. The van der Waals surface area contributed by atoms with E-state index in [-0.39, 0.29) is 5.69 Å². The number of anilines is 1. The van der Waals surface area contributed by atoms with Crippen LogP contribution in [0.4, 0.5) is 5.69 Å². The average molecular weight is 280 g/mol. The maximum Gasteiger partial charge on any atom is 0.354 e. The van der Waals surface area contributed by atoms with Gasteiger partial charge in [0, 0.05) is 30.5 Å². The summed E-state index contributed by atoms with van der Waals surface area (Å²) >= 11 is 0. The van der Waals surface area contributed by atoms with E-state index in [0.29, 0.717) is 17.7 Å². The molecule has 2 N–H and O–H groups in total. The van der Waals surface area contributed by atoms with Crippen LogP contribution in [0, 0.1) is 0 Å². The van der Waals surface area contributed by atoms with Crippen molar-refractivity contribution in [1.29, 1.82) is 0 Å². The number of aromatic nitrogens is 3. The Morgan fingerprint density at radius 2 is 2.05 bits per heavy atom. The van der Waals surface area contributed by atoms with Crippen LogP contribution in [0.5, 0.6) is 0 Å². The molecule has 3 aromatic rings. The standard InChI is InChI=1S/C15H12N4O2/c20-15(21)12-4-3-11-8-17-9-13(14(11)19-12)18-7-10-2-1-5-16-6-10/h1-6,8-9,18H,7H2,(H,20,21). The zero-order chi connectivity index (χ0) is 14.7. The molecule has 0 fully saturated rings. The van der Waals surface area contributed by atoms with E-state index in [1.54, 1.807) is 30.9 Å². The third-order valence-corrected chi connectivity index (χ3v) is 3.02. The van der Waals surface area contributed by atoms with Gasteiger partial charge in [0.2, 0.25) is 0 Å². The van der Waals surface area contributed by atoms with Crippen LogP contribution in [0.1, 0.15) is 16.1 Å². The zero-order valence-electron chi connectivity index (χ0n) is 11.0. The highest BCUT2D eigenvalue weighted by molar-refractivity contribution is 5.94. The summed E-state index contributed by atoms with van der Waals surface area (Å²) in [5.74, 6) is -1.05. The van der Waals surface area contributed by atoms with Crippen LogP contribution in [0.3, 0.4) is 0 Å². The molecule has 0 radical (unpaired) electrons. The van der Waals surface area contributed by atoms with Crippen molar-refractivity contribution in [1.82, 2.24) is 15.0 Å². The number of carboxylic acid groups (broad SMARTS) is 1. The minimum atomic E-state index is -1.05. The van der Waals surface area contributed by atoms with E-state index in [4.69, 9.17) is 5.11 Å². The third-order valence-electron chi connectivity index (χ3n) is 3.02. The Morgan fingerprint density at radius 1 is 1.14 bits per heavy atom. The van der Waals surface area contributed by atoms with Crippen LogP contribution in [0.25, 0.3) is 10.9 Å². The van der Waals surface area contributed by atoms with Gasteiger partial charge < -0.3 is 10.4 Å². The Morgan fingerprint density at radius 3 is 2.81 bits per heavy atom. The van der Waals surface area contributed by atoms with Gasteiger partial charge in [-0.3, -0.25) is 9.97 Å². The van der Waals surface area contributed by atoms with Gasteiger partial charge in [-0.1, -0.05) is 6.07 Å². The zero-order valence-corrected chi connectivity index (χ0v) is 11.0. The molecule has 0 saturated heterocycles. The number of rotatable bonds is 4. The lowest BCUT2D eigenvalue weighted by Gasteiger charge is -2.09. The van der Waals surface area contributed by atoms with E-state index >= 15 is 0 Å². The summed E-state index contributed by atoms with van der Waals surface area (Å²) in [6.07, 6.45) is 6.77. The number of carboxylic acids is 1. The minimum absolute atomic E-state index is 0.0122. The second kappa shape index (κ2) is 5.54. The first-order valence-corrected chi connectivity index (χ1v) is 6.35. The summed E-state index contributed by atoms with van der Waals surface area (Å²) in [5.41, 5.74) is 2.32. The maximum atomic E-state index is 11.0. The molecular weight excluding hydrogens is 268 g/mol. The summed E-state index contributed by atoms with van der Waals surface area (Å²) < 4.78 is 0. The molecule has 104 valence electrons. The average Bonchev–Trinajstić information content (AvgIpc) is 2.53. The van der Waals surface area contributed by atoms with Crippen molar-refractivity contribution in [3.8, 4) is 0 Å². The van der Waals surface area contributed by atoms with E-state index in [2.05, 4.69) is 20.3 Å². The Balaban J connectivity index is 1.94. The molecule has 0 spiro atoms. The summed E-state index contributed by atoms with van der Waals surface area (Å²) in [6, 6.07) is 6.99. The monoisotopic (exact) mass is 280 g/mol. The maximum absolute atomic E-state index is 11.0. The molecule has 0 amide bonds. The molecule has 3 aromatic heterocycles. The summed E-state index contributed by atoms with van der Waals surface area (Å²) in [4.78, 5) is 23.4. The van der Waals surface area contributed by atoms with Gasteiger partial charge in [-0.2, -0.15) is 0 Å². The fraction of sp³-hybridized carbons (Fsp3) is 0.0667. The van der Waals surface area contributed by atoms with Gasteiger partial charge in [-0.15, -0.1) is 0 Å². The molecular formula is C15H12N4O2.